The third-order valence-electron chi connectivity index (χ3n) is 5.91. The number of hydrogen-bond donors (Lipinski definition) is 1. The smallest absolute Gasteiger partial charge is 0.249 e. The van der Waals surface area contributed by atoms with Crippen molar-refractivity contribution in [2.24, 2.45) is 10.7 Å². The normalized spacial score (nSPS) is 24.8. The number of carbonyl (C=O) groups is 2. The maximum absolute atomic E-state index is 12.7. The summed E-state index contributed by atoms with van der Waals surface area (Å²) in [4.78, 5) is 29.2. The summed E-state index contributed by atoms with van der Waals surface area (Å²) in [6, 6.07) is 0.234. The molecule has 0 aromatic rings. The highest BCUT2D eigenvalue weighted by atomic mass is 31.1. The molecule has 198 valence electrons. The first-order valence-corrected chi connectivity index (χ1v) is 13.8. The Morgan fingerprint density at radius 3 is 2.69 bits per heavy atom. The molecule has 0 aromatic carbocycles. The molecule has 2 heterocycles. The number of carbonyl (C=O) groups excluding carboxylic acids is 2. The van der Waals surface area contributed by atoms with Crippen molar-refractivity contribution < 1.29 is 9.59 Å². The third-order valence-corrected chi connectivity index (χ3v) is 6.75. The summed E-state index contributed by atoms with van der Waals surface area (Å²) in [6.07, 6.45) is 20.9. The van der Waals surface area contributed by atoms with Crippen LogP contribution >= 0.6 is 8.73 Å². The highest BCUT2D eigenvalue weighted by Crippen LogP contribution is 2.25. The number of amides is 2. The zero-order valence-corrected chi connectivity index (χ0v) is 24.0. The van der Waals surface area contributed by atoms with E-state index >= 15 is 0 Å². The molecule has 3 unspecified atom stereocenters. The fraction of sp³-hybridized carbons (Fsp3) is 0.483. The second kappa shape index (κ2) is 17.8. The number of hydrogen-bond acceptors (Lipinski definition) is 4. The van der Waals surface area contributed by atoms with E-state index in [-0.39, 0.29) is 23.8 Å². The average Bonchev–Trinajstić information content (AvgIpc) is 3.30. The summed E-state index contributed by atoms with van der Waals surface area (Å²) in [5.74, 6) is -0.274. The van der Waals surface area contributed by atoms with Gasteiger partial charge in [0.15, 0.2) is 0 Å². The Bertz CT molecular complexity index is 914. The quantitative estimate of drug-likeness (QED) is 0.203. The summed E-state index contributed by atoms with van der Waals surface area (Å²) in [5.41, 5.74) is 1.16. The zero-order valence-electron chi connectivity index (χ0n) is 23.0. The zero-order chi connectivity index (χ0) is 26.9. The van der Waals surface area contributed by atoms with Gasteiger partial charge in [-0.05, 0) is 70.6 Å². The van der Waals surface area contributed by atoms with Crippen LogP contribution < -0.4 is 5.32 Å². The van der Waals surface area contributed by atoms with Gasteiger partial charge in [-0.15, -0.1) is 0 Å². The molecule has 0 aliphatic carbocycles. The second-order valence-corrected chi connectivity index (χ2v) is 10.1. The lowest BCUT2D eigenvalue weighted by Crippen LogP contribution is -2.38. The van der Waals surface area contributed by atoms with Gasteiger partial charge in [0.1, 0.15) is 0 Å². The van der Waals surface area contributed by atoms with Crippen LogP contribution in [0.2, 0.25) is 0 Å². The average molecular weight is 513 g/mol. The van der Waals surface area contributed by atoms with Gasteiger partial charge in [-0.3, -0.25) is 14.4 Å². The van der Waals surface area contributed by atoms with Crippen LogP contribution in [0.3, 0.4) is 0 Å². The fourth-order valence-electron chi connectivity index (χ4n) is 3.74. The van der Waals surface area contributed by atoms with E-state index in [0.29, 0.717) is 20.0 Å². The van der Waals surface area contributed by atoms with E-state index in [1.165, 1.54) is 11.4 Å². The first-order valence-electron chi connectivity index (χ1n) is 12.9. The molecule has 0 spiro atoms. The van der Waals surface area contributed by atoms with Gasteiger partial charge in [0.2, 0.25) is 11.8 Å². The molecule has 6 nitrogen and oxygen atoms in total. The van der Waals surface area contributed by atoms with Crippen LogP contribution in [0.5, 0.6) is 0 Å². The molecule has 2 aliphatic heterocycles. The minimum atomic E-state index is -0.246. The topological polar surface area (TPSA) is 65.0 Å². The molecule has 3 atom stereocenters. The predicted octanol–water partition coefficient (Wildman–Crippen LogP) is 5.79. The Kier molecular flexibility index (Phi) is 15.6. The molecule has 2 aliphatic rings. The van der Waals surface area contributed by atoms with Crippen LogP contribution in [0.25, 0.3) is 0 Å². The van der Waals surface area contributed by atoms with E-state index in [1.807, 2.05) is 38.1 Å². The summed E-state index contributed by atoms with van der Waals surface area (Å²) in [5, 5.41) is 4.12. The van der Waals surface area contributed by atoms with Crippen molar-refractivity contribution in [1.29, 1.82) is 0 Å². The molecular weight excluding hydrogens is 467 g/mol. The van der Waals surface area contributed by atoms with Crippen molar-refractivity contribution in [2.45, 2.75) is 59.4 Å². The molecule has 2 amide bonds. The van der Waals surface area contributed by atoms with E-state index in [9.17, 15) is 9.59 Å². The number of likely N-dealkylation sites (N-methyl/N-ethyl adjacent to an activating group) is 2. The lowest BCUT2D eigenvalue weighted by atomic mass is 10.1. The summed E-state index contributed by atoms with van der Waals surface area (Å²) in [6.45, 7) is 13.6. The van der Waals surface area contributed by atoms with Gasteiger partial charge in [0, 0.05) is 57.8 Å². The molecule has 1 fully saturated rings. The van der Waals surface area contributed by atoms with Crippen molar-refractivity contribution in [3.05, 3.63) is 71.8 Å². The molecular formula is C29H45N4O2P. The number of likely N-dealkylation sites (tertiary alicyclic amines) is 1. The largest absolute Gasteiger partial charge is 0.338 e. The molecule has 0 saturated carbocycles. The molecule has 1 saturated heterocycles. The van der Waals surface area contributed by atoms with Crippen LogP contribution in [0.4, 0.5) is 0 Å². The number of nitrogens with one attached hydrogen (secondary N) is 1. The van der Waals surface area contributed by atoms with Gasteiger partial charge in [0.25, 0.3) is 0 Å². The molecule has 0 aromatic heterocycles. The molecule has 7 heteroatoms. The van der Waals surface area contributed by atoms with Gasteiger partial charge in [0.05, 0.1) is 0 Å². The Balaban J connectivity index is 0.00000316. The lowest BCUT2D eigenvalue weighted by Gasteiger charge is -2.24. The van der Waals surface area contributed by atoms with E-state index in [2.05, 4.69) is 53.8 Å². The highest BCUT2D eigenvalue weighted by Gasteiger charge is 2.26. The van der Waals surface area contributed by atoms with Crippen LogP contribution in [0, 0.1) is 5.92 Å². The van der Waals surface area contributed by atoms with Crippen molar-refractivity contribution in [1.82, 2.24) is 15.1 Å². The van der Waals surface area contributed by atoms with Gasteiger partial charge >= 0.3 is 0 Å². The summed E-state index contributed by atoms with van der Waals surface area (Å²) < 4.78 is 4.53. The maximum atomic E-state index is 12.7. The number of nitrogens with zero attached hydrogens (tertiary/aromatic N) is 3. The minimum Gasteiger partial charge on any atom is -0.338 e. The maximum Gasteiger partial charge on any atom is 0.249 e. The molecule has 0 radical (unpaired) electrons. The van der Waals surface area contributed by atoms with Gasteiger partial charge < -0.3 is 15.1 Å². The van der Waals surface area contributed by atoms with Crippen LogP contribution in [-0.2, 0) is 9.59 Å². The van der Waals surface area contributed by atoms with Crippen molar-refractivity contribution in [3.63, 3.8) is 0 Å². The van der Waals surface area contributed by atoms with Crippen molar-refractivity contribution in [2.75, 3.05) is 27.2 Å². The first kappa shape index (κ1) is 31.5. The van der Waals surface area contributed by atoms with Crippen molar-refractivity contribution in [3.8, 4) is 0 Å². The molecule has 1 N–H and O–H groups in total. The summed E-state index contributed by atoms with van der Waals surface area (Å²) in [7, 11) is 4.35. The van der Waals surface area contributed by atoms with Crippen LogP contribution in [-0.4, -0.2) is 61.1 Å². The summed E-state index contributed by atoms with van der Waals surface area (Å²) >= 11 is 0. The van der Waals surface area contributed by atoms with E-state index < -0.39 is 0 Å². The standard InChI is InChI=1S/C27H39N4O2P.C2H6/c1-6-24(15-13-21(2)27(33)31(5)25-17-18-30(4)20-25)29-26(32)16-14-23-12-10-8-7-9-11-22(3)34-28-19-23;1-2/h6,10-16,19,23,25,34H,1,7-9,17-18,20H2,2-5H3,(H,29,32);1-2H3/b12-10+,16-14+,21-13+,22-11+,24-15+,28-19?;. The van der Waals surface area contributed by atoms with E-state index in [4.69, 9.17) is 0 Å². The monoisotopic (exact) mass is 512 g/mol. The Labute approximate surface area is 220 Å². The molecule has 36 heavy (non-hydrogen) atoms. The van der Waals surface area contributed by atoms with E-state index in [0.717, 1.165) is 38.8 Å². The SMILES string of the molecule is C=C/C(=C\C=C(/C)C(=O)N(C)C1CCN(C)C1)NC(=O)/C=C/C1C=NP/C(C)=C/CCC/C=C/1.CC. The Morgan fingerprint density at radius 1 is 1.28 bits per heavy atom. The van der Waals surface area contributed by atoms with Gasteiger partial charge in [-0.2, -0.15) is 0 Å². The number of rotatable bonds is 7. The number of allylic oxidation sites excluding steroid dienone is 8. The predicted molar refractivity (Wildman–Crippen MR) is 156 cm³/mol. The van der Waals surface area contributed by atoms with Gasteiger partial charge in [-0.1, -0.05) is 50.8 Å². The second-order valence-electron chi connectivity index (χ2n) is 8.86. The highest BCUT2D eigenvalue weighted by molar-refractivity contribution is 7.41. The molecule has 0 bridgehead atoms. The Hall–Kier alpha value is -2.56. The van der Waals surface area contributed by atoms with Gasteiger partial charge in [-0.25, -0.2) is 0 Å². The minimum absolute atomic E-state index is 0.00477. The van der Waals surface area contributed by atoms with Crippen molar-refractivity contribution >= 4 is 26.8 Å². The van der Waals surface area contributed by atoms with Crippen LogP contribution in [0.15, 0.2) is 76.5 Å². The van der Waals surface area contributed by atoms with Crippen LogP contribution in [0.1, 0.15) is 53.4 Å². The molecule has 2 rings (SSSR count). The first-order chi connectivity index (χ1) is 17.3. The Morgan fingerprint density at radius 2 is 2.03 bits per heavy atom. The lowest BCUT2D eigenvalue weighted by molar-refractivity contribution is -0.127. The third kappa shape index (κ3) is 11.9. The fourth-order valence-corrected chi connectivity index (χ4v) is 4.43. The van der Waals surface area contributed by atoms with E-state index in [1.54, 1.807) is 25.2 Å².